The highest BCUT2D eigenvalue weighted by molar-refractivity contribution is 7.17. The minimum atomic E-state index is -0.850. The summed E-state index contributed by atoms with van der Waals surface area (Å²) in [5.41, 5.74) is 5.08. The molecule has 0 radical (unpaired) electrons. The Morgan fingerprint density at radius 3 is 2.53 bits per heavy atom. The molecule has 0 spiro atoms. The van der Waals surface area contributed by atoms with Crippen LogP contribution in [0.5, 0.6) is 17.2 Å². The van der Waals surface area contributed by atoms with Gasteiger partial charge >= 0.3 is 5.97 Å². The van der Waals surface area contributed by atoms with Gasteiger partial charge in [0.05, 0.1) is 31.6 Å². The normalized spacial score (nSPS) is 14.6. The summed E-state index contributed by atoms with van der Waals surface area (Å²) in [5, 5.41) is 7.51. The van der Waals surface area contributed by atoms with Gasteiger partial charge in [-0.15, -0.1) is 11.3 Å². The predicted octanol–water partition coefficient (Wildman–Crippen LogP) is 7.19. The number of unbranched alkanes of at least 4 members (excludes halogenated alkanes) is 2. The number of hydrazone groups is 1. The van der Waals surface area contributed by atoms with E-state index in [1.807, 2.05) is 25.1 Å². The van der Waals surface area contributed by atoms with E-state index < -0.39 is 18.0 Å². The maximum absolute atomic E-state index is 13.2. The van der Waals surface area contributed by atoms with Crippen molar-refractivity contribution in [2.45, 2.75) is 79.2 Å². The van der Waals surface area contributed by atoms with Gasteiger partial charge < -0.3 is 24.3 Å². The van der Waals surface area contributed by atoms with Crippen molar-refractivity contribution in [3.05, 3.63) is 69.6 Å². The standard InChI is InChI=1S/C36H45N3O7S/c1-6-9-10-19-45-29-18-12-25(21-30(29)43-7-2)22-37-39-33(40)24(5)46-27-15-13-26(14-16-27)34(41)38-35-32(36(42)44-8-3)28-17-11-23(4)20-31(28)47-35/h12-16,18,21-24H,6-11,17,19-20H2,1-5H3,(H,38,41)(H,39,40). The monoisotopic (exact) mass is 663 g/mol. The average Bonchev–Trinajstić information content (AvgIpc) is 3.41. The van der Waals surface area contributed by atoms with Crippen molar-refractivity contribution in [1.82, 2.24) is 5.43 Å². The maximum atomic E-state index is 13.2. The molecule has 2 unspecified atom stereocenters. The zero-order valence-electron chi connectivity index (χ0n) is 27.9. The lowest BCUT2D eigenvalue weighted by Crippen LogP contribution is -2.33. The van der Waals surface area contributed by atoms with Gasteiger partial charge in [-0.05, 0) is 106 Å². The van der Waals surface area contributed by atoms with E-state index in [0.29, 0.717) is 52.5 Å². The summed E-state index contributed by atoms with van der Waals surface area (Å²) in [6.07, 6.45) is 6.54. The summed E-state index contributed by atoms with van der Waals surface area (Å²) in [6, 6.07) is 12.0. The highest BCUT2D eigenvalue weighted by Crippen LogP contribution is 2.40. The number of rotatable bonds is 16. The van der Waals surface area contributed by atoms with Gasteiger partial charge in [0.2, 0.25) is 0 Å². The number of nitrogens with zero attached hydrogens (tertiary/aromatic N) is 1. The van der Waals surface area contributed by atoms with Crippen LogP contribution in [0, 0.1) is 5.92 Å². The van der Waals surface area contributed by atoms with Crippen LogP contribution >= 0.6 is 11.3 Å². The molecule has 47 heavy (non-hydrogen) atoms. The Hall–Kier alpha value is -4.38. The van der Waals surface area contributed by atoms with Crippen molar-refractivity contribution >= 4 is 40.3 Å². The quantitative estimate of drug-likeness (QED) is 0.0720. The summed E-state index contributed by atoms with van der Waals surface area (Å²) in [6.45, 7) is 11.0. The Kier molecular flexibility index (Phi) is 13.2. The number of carbonyl (C=O) groups excluding carboxylic acids is 3. The van der Waals surface area contributed by atoms with E-state index in [1.165, 1.54) is 17.6 Å². The number of esters is 1. The van der Waals surface area contributed by atoms with Gasteiger partial charge in [0.15, 0.2) is 17.6 Å². The van der Waals surface area contributed by atoms with E-state index in [1.54, 1.807) is 38.1 Å². The van der Waals surface area contributed by atoms with E-state index in [2.05, 4.69) is 29.7 Å². The van der Waals surface area contributed by atoms with E-state index >= 15 is 0 Å². The third kappa shape index (κ3) is 9.81. The van der Waals surface area contributed by atoms with Gasteiger partial charge in [-0.3, -0.25) is 9.59 Å². The highest BCUT2D eigenvalue weighted by Gasteiger charge is 2.29. The minimum Gasteiger partial charge on any atom is -0.490 e. The van der Waals surface area contributed by atoms with E-state index in [0.717, 1.165) is 54.5 Å². The number of hydrogen-bond acceptors (Lipinski definition) is 9. The van der Waals surface area contributed by atoms with Crippen LogP contribution in [0.2, 0.25) is 0 Å². The molecule has 4 rings (SSSR count). The number of carbonyl (C=O) groups is 3. The third-order valence-corrected chi connectivity index (χ3v) is 8.85. The SMILES string of the molecule is CCCCCOc1ccc(C=NNC(=O)C(C)Oc2ccc(C(=O)Nc3sc4c(c3C(=O)OCC)CCC(C)C4)cc2)cc1OCC. The van der Waals surface area contributed by atoms with Crippen LogP contribution in [-0.2, 0) is 22.4 Å². The fraction of sp³-hybridized carbons (Fsp3) is 0.444. The summed E-state index contributed by atoms with van der Waals surface area (Å²) in [5.74, 6) is 1.04. The molecule has 0 aliphatic heterocycles. The molecular weight excluding hydrogens is 618 g/mol. The first-order chi connectivity index (χ1) is 22.7. The van der Waals surface area contributed by atoms with Crippen LogP contribution in [0.25, 0.3) is 0 Å². The Morgan fingerprint density at radius 1 is 1.02 bits per heavy atom. The van der Waals surface area contributed by atoms with Gasteiger partial charge in [-0.25, -0.2) is 10.2 Å². The second kappa shape index (κ2) is 17.5. The fourth-order valence-corrected chi connectivity index (χ4v) is 6.56. The molecular formula is C36H45N3O7S. The van der Waals surface area contributed by atoms with Crippen LogP contribution in [-0.4, -0.2) is 49.9 Å². The number of ether oxygens (including phenoxy) is 4. The number of fused-ring (bicyclic) bond motifs is 1. The molecule has 1 aromatic heterocycles. The number of hydrogen-bond donors (Lipinski definition) is 2. The minimum absolute atomic E-state index is 0.260. The van der Waals surface area contributed by atoms with Crippen molar-refractivity contribution < 1.29 is 33.3 Å². The molecule has 2 aromatic carbocycles. The summed E-state index contributed by atoms with van der Waals surface area (Å²) in [4.78, 5) is 39.7. The molecule has 0 bridgehead atoms. The van der Waals surface area contributed by atoms with Crippen molar-refractivity contribution in [2.75, 3.05) is 25.1 Å². The number of amides is 2. The molecule has 252 valence electrons. The molecule has 3 aromatic rings. The Bertz CT molecular complexity index is 1550. The lowest BCUT2D eigenvalue weighted by molar-refractivity contribution is -0.127. The fourth-order valence-electron chi connectivity index (χ4n) is 5.16. The van der Waals surface area contributed by atoms with Crippen LogP contribution in [0.4, 0.5) is 5.00 Å². The van der Waals surface area contributed by atoms with Crippen LogP contribution in [0.15, 0.2) is 47.6 Å². The number of anilines is 1. The number of nitrogens with one attached hydrogen (secondary N) is 2. The van der Waals surface area contributed by atoms with Crippen molar-refractivity contribution in [2.24, 2.45) is 11.0 Å². The van der Waals surface area contributed by atoms with Gasteiger partial charge in [-0.1, -0.05) is 26.7 Å². The first-order valence-corrected chi connectivity index (χ1v) is 17.2. The molecule has 0 saturated heterocycles. The zero-order chi connectivity index (χ0) is 33.8. The lowest BCUT2D eigenvalue weighted by Gasteiger charge is -2.18. The molecule has 1 aliphatic rings. The van der Waals surface area contributed by atoms with Gasteiger partial charge in [0, 0.05) is 10.4 Å². The van der Waals surface area contributed by atoms with Gasteiger partial charge in [-0.2, -0.15) is 5.10 Å². The zero-order valence-corrected chi connectivity index (χ0v) is 28.7. The topological polar surface area (TPSA) is 125 Å². The summed E-state index contributed by atoms with van der Waals surface area (Å²) < 4.78 is 22.7. The number of thiophene rings is 1. The van der Waals surface area contributed by atoms with Gasteiger partial charge in [0.1, 0.15) is 10.8 Å². The van der Waals surface area contributed by atoms with E-state index in [4.69, 9.17) is 18.9 Å². The smallest absolute Gasteiger partial charge is 0.341 e. The van der Waals surface area contributed by atoms with Crippen molar-refractivity contribution in [3.63, 3.8) is 0 Å². The van der Waals surface area contributed by atoms with Crippen LogP contribution < -0.4 is 25.0 Å². The van der Waals surface area contributed by atoms with Crippen LogP contribution in [0.3, 0.4) is 0 Å². The Labute approximate surface area is 280 Å². The maximum Gasteiger partial charge on any atom is 0.341 e. The predicted molar refractivity (Wildman–Crippen MR) is 184 cm³/mol. The molecule has 0 saturated carbocycles. The molecule has 1 heterocycles. The summed E-state index contributed by atoms with van der Waals surface area (Å²) in [7, 11) is 0. The second-order valence-corrected chi connectivity index (χ2v) is 12.5. The second-order valence-electron chi connectivity index (χ2n) is 11.4. The van der Waals surface area contributed by atoms with Crippen molar-refractivity contribution in [3.8, 4) is 17.2 Å². The third-order valence-electron chi connectivity index (χ3n) is 7.68. The van der Waals surface area contributed by atoms with E-state index in [-0.39, 0.29) is 12.5 Å². The average molecular weight is 664 g/mol. The van der Waals surface area contributed by atoms with E-state index in [9.17, 15) is 14.4 Å². The Balaban J connectivity index is 1.32. The summed E-state index contributed by atoms with van der Waals surface area (Å²) >= 11 is 1.44. The molecule has 2 amide bonds. The highest BCUT2D eigenvalue weighted by atomic mass is 32.1. The molecule has 10 nitrogen and oxygen atoms in total. The molecule has 11 heteroatoms. The van der Waals surface area contributed by atoms with Crippen LogP contribution in [0.1, 0.15) is 97.0 Å². The molecule has 2 N–H and O–H groups in total. The number of benzene rings is 2. The molecule has 0 fully saturated rings. The van der Waals surface area contributed by atoms with Crippen molar-refractivity contribution in [1.29, 1.82) is 0 Å². The molecule has 1 aliphatic carbocycles. The first-order valence-electron chi connectivity index (χ1n) is 16.4. The largest absolute Gasteiger partial charge is 0.490 e. The van der Waals surface area contributed by atoms with Gasteiger partial charge in [0.25, 0.3) is 11.8 Å². The molecule has 2 atom stereocenters. The lowest BCUT2D eigenvalue weighted by atomic mass is 9.88. The first kappa shape index (κ1) is 35.5. The Morgan fingerprint density at radius 2 is 1.81 bits per heavy atom.